The van der Waals surface area contributed by atoms with Crippen molar-refractivity contribution in [2.75, 3.05) is 0 Å². The largest absolute Gasteiger partial charge is 0.390 e. The zero-order valence-corrected chi connectivity index (χ0v) is 36.3. The van der Waals surface area contributed by atoms with Gasteiger partial charge < -0.3 is 20.4 Å². The monoisotopic (exact) mass is 741 g/mol. The van der Waals surface area contributed by atoms with E-state index in [0.29, 0.717) is 25.7 Å². The van der Waals surface area contributed by atoms with Crippen LogP contribution < -0.4 is 0 Å². The fraction of sp³-hybridized carbons (Fsp3) is 0.480. The first-order chi connectivity index (χ1) is 24.8. The number of hydrogen-bond donors (Lipinski definition) is 4. The standard InChI is InChI=1S/C50H76O4/c1-39(23-17-25-41(3)27-19-29-43(5)31-33-45(49(11,12)53)35-37-47(7,8)51)21-15-16-22-40(2)24-18-26-42(4)28-20-30-44(6)32-34-46(50(13,14)54)36-38-48(9,10)52/h15-34,45-46,51-54H,35-38H2,1-14H3/b16-15+,23-17+,24-18+,27-19+,28-20+,33-31+,34-32+,39-21+,40-22+,41-25-,42-26+,43-29+,44-30-/t45-,46-/m1/s1. The Morgan fingerprint density at radius 3 is 0.815 bits per heavy atom. The normalized spacial score (nSPS) is 17.4. The third-order valence-electron chi connectivity index (χ3n) is 8.83. The van der Waals surface area contributed by atoms with Gasteiger partial charge in [0.2, 0.25) is 0 Å². The quantitative estimate of drug-likeness (QED) is 0.0833. The third-order valence-corrected chi connectivity index (χ3v) is 8.83. The highest BCUT2D eigenvalue weighted by molar-refractivity contribution is 5.33. The molecule has 0 aromatic carbocycles. The molecule has 0 radical (unpaired) electrons. The van der Waals surface area contributed by atoms with Crippen molar-refractivity contribution in [3.05, 3.63) is 155 Å². The van der Waals surface area contributed by atoms with Crippen LogP contribution >= 0.6 is 0 Å². The van der Waals surface area contributed by atoms with Crippen LogP contribution in [0.25, 0.3) is 0 Å². The smallest absolute Gasteiger partial charge is 0.0654 e. The van der Waals surface area contributed by atoms with Gasteiger partial charge in [0, 0.05) is 11.8 Å². The second kappa shape index (κ2) is 24.8. The lowest BCUT2D eigenvalue weighted by atomic mass is 9.83. The first-order valence-corrected chi connectivity index (χ1v) is 19.5. The van der Waals surface area contributed by atoms with Gasteiger partial charge in [-0.05, 0) is 123 Å². The van der Waals surface area contributed by atoms with Crippen LogP contribution in [0, 0.1) is 11.8 Å². The van der Waals surface area contributed by atoms with E-state index in [1.807, 2.05) is 78.0 Å². The third kappa shape index (κ3) is 28.9. The molecule has 0 aliphatic heterocycles. The summed E-state index contributed by atoms with van der Waals surface area (Å²) in [6.07, 6.45) is 44.0. The van der Waals surface area contributed by atoms with E-state index in [1.54, 1.807) is 27.7 Å². The predicted octanol–water partition coefficient (Wildman–Crippen LogP) is 12.4. The van der Waals surface area contributed by atoms with Gasteiger partial charge in [0.1, 0.15) is 0 Å². The molecule has 300 valence electrons. The fourth-order valence-electron chi connectivity index (χ4n) is 5.08. The number of hydrogen-bond acceptors (Lipinski definition) is 4. The minimum atomic E-state index is -0.848. The Kier molecular flexibility index (Phi) is 23.2. The Bertz CT molecular complexity index is 1410. The second-order valence-electron chi connectivity index (χ2n) is 17.2. The molecule has 0 spiro atoms. The Morgan fingerprint density at radius 1 is 0.370 bits per heavy atom. The van der Waals surface area contributed by atoms with Gasteiger partial charge in [-0.2, -0.15) is 0 Å². The zero-order chi connectivity index (χ0) is 41.6. The lowest BCUT2D eigenvalue weighted by Gasteiger charge is -2.29. The van der Waals surface area contributed by atoms with E-state index >= 15 is 0 Å². The number of rotatable bonds is 22. The predicted molar refractivity (Wildman–Crippen MR) is 237 cm³/mol. The zero-order valence-electron chi connectivity index (χ0n) is 36.3. The molecule has 0 aromatic heterocycles. The minimum Gasteiger partial charge on any atom is -0.390 e. The maximum atomic E-state index is 10.6. The van der Waals surface area contributed by atoms with Crippen LogP contribution in [-0.4, -0.2) is 42.8 Å². The molecule has 0 unspecified atom stereocenters. The van der Waals surface area contributed by atoms with Crippen molar-refractivity contribution in [2.45, 2.75) is 145 Å². The van der Waals surface area contributed by atoms with Crippen LogP contribution in [0.5, 0.6) is 0 Å². The van der Waals surface area contributed by atoms with Crippen LogP contribution in [0.4, 0.5) is 0 Å². The molecule has 4 nitrogen and oxygen atoms in total. The maximum absolute atomic E-state index is 10.6. The molecule has 0 aliphatic carbocycles. The highest BCUT2D eigenvalue weighted by Crippen LogP contribution is 2.28. The Balaban J connectivity index is 5.09. The van der Waals surface area contributed by atoms with E-state index in [-0.39, 0.29) is 11.8 Å². The summed E-state index contributed by atoms with van der Waals surface area (Å²) in [4.78, 5) is 0. The van der Waals surface area contributed by atoms with E-state index in [1.165, 1.54) is 0 Å². The van der Waals surface area contributed by atoms with Crippen molar-refractivity contribution in [3.63, 3.8) is 0 Å². The van der Waals surface area contributed by atoms with E-state index in [4.69, 9.17) is 0 Å². The van der Waals surface area contributed by atoms with Crippen molar-refractivity contribution in [1.29, 1.82) is 0 Å². The Morgan fingerprint density at radius 2 is 0.593 bits per heavy atom. The fourth-order valence-corrected chi connectivity index (χ4v) is 5.08. The molecule has 2 atom stereocenters. The molecule has 0 heterocycles. The molecular weight excluding hydrogens is 665 g/mol. The molecular formula is C50H76O4. The SMILES string of the molecule is CC(=C/C=C/C(C)=C/C=C/C=C(C)/C=C/C=C(C)/C=C/C=C(C)\C=C\[C@H](CCC(C)(C)O)C(C)(C)O)/C=C/C=C(C)/C=C/[C@H](CCC(C)(C)O)C(C)(C)O. The van der Waals surface area contributed by atoms with Crippen molar-refractivity contribution >= 4 is 0 Å². The molecule has 0 saturated heterocycles. The van der Waals surface area contributed by atoms with Gasteiger partial charge in [0.25, 0.3) is 0 Å². The van der Waals surface area contributed by atoms with Gasteiger partial charge in [0.05, 0.1) is 22.4 Å². The summed E-state index contributed by atoms with van der Waals surface area (Å²) in [6, 6.07) is 0. The lowest BCUT2D eigenvalue weighted by molar-refractivity contribution is 0.0131. The Labute approximate surface area is 331 Å². The van der Waals surface area contributed by atoms with Crippen molar-refractivity contribution in [3.8, 4) is 0 Å². The van der Waals surface area contributed by atoms with Crippen molar-refractivity contribution in [2.24, 2.45) is 11.8 Å². The van der Waals surface area contributed by atoms with Gasteiger partial charge in [-0.25, -0.2) is 0 Å². The number of allylic oxidation sites excluding steroid dienone is 24. The minimum absolute atomic E-state index is 0.0384. The van der Waals surface area contributed by atoms with Gasteiger partial charge in [-0.1, -0.05) is 155 Å². The Hall–Kier alpha value is -3.54. The summed E-state index contributed by atoms with van der Waals surface area (Å²) in [6.45, 7) is 26.9. The summed E-state index contributed by atoms with van der Waals surface area (Å²) in [5.41, 5.74) is 3.60. The first kappa shape index (κ1) is 50.5. The maximum Gasteiger partial charge on any atom is 0.0654 e. The van der Waals surface area contributed by atoms with Crippen LogP contribution in [0.15, 0.2) is 155 Å². The van der Waals surface area contributed by atoms with Crippen LogP contribution in [-0.2, 0) is 0 Å². The van der Waals surface area contributed by atoms with Crippen LogP contribution in [0.1, 0.15) is 123 Å². The molecule has 0 rings (SSSR count). The van der Waals surface area contributed by atoms with E-state index in [2.05, 4.69) is 113 Å². The average molecular weight is 741 g/mol. The highest BCUT2D eigenvalue weighted by Gasteiger charge is 2.27. The van der Waals surface area contributed by atoms with Gasteiger partial charge >= 0.3 is 0 Å². The molecule has 0 amide bonds. The molecule has 0 saturated carbocycles. The summed E-state index contributed by atoms with van der Waals surface area (Å²) in [5, 5.41) is 41.3. The van der Waals surface area contributed by atoms with E-state index in [0.717, 1.165) is 33.4 Å². The van der Waals surface area contributed by atoms with Gasteiger partial charge in [-0.3, -0.25) is 0 Å². The molecule has 0 aromatic rings. The summed E-state index contributed by atoms with van der Waals surface area (Å²) < 4.78 is 0. The highest BCUT2D eigenvalue weighted by atomic mass is 16.3. The summed E-state index contributed by atoms with van der Waals surface area (Å²) in [5.74, 6) is -0.0768. The van der Waals surface area contributed by atoms with Gasteiger partial charge in [0.15, 0.2) is 0 Å². The molecule has 4 N–H and O–H groups in total. The topological polar surface area (TPSA) is 80.9 Å². The van der Waals surface area contributed by atoms with E-state index in [9.17, 15) is 20.4 Å². The lowest BCUT2D eigenvalue weighted by Crippen LogP contribution is -2.31. The van der Waals surface area contributed by atoms with Gasteiger partial charge in [-0.15, -0.1) is 0 Å². The molecule has 4 heteroatoms. The first-order valence-electron chi connectivity index (χ1n) is 19.5. The molecule has 54 heavy (non-hydrogen) atoms. The van der Waals surface area contributed by atoms with Crippen molar-refractivity contribution < 1.29 is 20.4 Å². The second-order valence-corrected chi connectivity index (χ2v) is 17.2. The summed E-state index contributed by atoms with van der Waals surface area (Å²) >= 11 is 0. The average Bonchev–Trinajstić information content (AvgIpc) is 3.00. The van der Waals surface area contributed by atoms with Crippen LogP contribution in [0.3, 0.4) is 0 Å². The molecule has 0 aliphatic rings. The molecule has 0 bridgehead atoms. The van der Waals surface area contributed by atoms with Crippen molar-refractivity contribution in [1.82, 2.24) is 0 Å². The number of aliphatic hydroxyl groups is 4. The molecule has 0 fully saturated rings. The van der Waals surface area contributed by atoms with E-state index < -0.39 is 22.4 Å². The summed E-state index contributed by atoms with van der Waals surface area (Å²) in [7, 11) is 0. The van der Waals surface area contributed by atoms with Crippen LogP contribution in [0.2, 0.25) is 0 Å².